The Morgan fingerprint density at radius 3 is 2.29 bits per heavy atom. The molecule has 0 N–H and O–H groups in total. The average Bonchev–Trinajstić information content (AvgIpc) is 2.20. The van der Waals surface area contributed by atoms with Crippen molar-refractivity contribution in [3.05, 3.63) is 11.6 Å². The first kappa shape index (κ1) is 13.2. The molecule has 3 nitrogen and oxygen atoms in total. The molecule has 0 saturated heterocycles. The van der Waals surface area contributed by atoms with E-state index in [0.717, 1.165) is 18.4 Å². The molecule has 0 rings (SSSR count). The van der Waals surface area contributed by atoms with E-state index in [1.54, 1.807) is 13.0 Å². The summed E-state index contributed by atoms with van der Waals surface area (Å²) in [4.78, 5) is 11.3. The fourth-order valence-electron chi connectivity index (χ4n) is 0.970. The molecule has 0 heterocycles. The van der Waals surface area contributed by atoms with Crippen molar-refractivity contribution in [2.24, 2.45) is 4.51 Å². The van der Waals surface area contributed by atoms with E-state index >= 15 is 0 Å². The molecular formula is C10H16ClNO2. The summed E-state index contributed by atoms with van der Waals surface area (Å²) in [6.45, 7) is 6.11. The van der Waals surface area contributed by atoms with Gasteiger partial charge in [-0.3, -0.25) is 0 Å². The Labute approximate surface area is 89.9 Å². The molecule has 0 bridgehead atoms. The zero-order valence-corrected chi connectivity index (χ0v) is 9.60. The lowest BCUT2D eigenvalue weighted by Gasteiger charge is -2.02. The molecule has 0 fully saturated rings. The van der Waals surface area contributed by atoms with Crippen molar-refractivity contribution in [2.75, 3.05) is 6.61 Å². The number of carbonyl (C=O) groups excluding carboxylic acids is 1. The highest BCUT2D eigenvalue weighted by Crippen LogP contribution is 2.06. The smallest absolute Gasteiger partial charge is 0.358 e. The van der Waals surface area contributed by atoms with Crippen LogP contribution >= 0.6 is 11.8 Å². The summed E-state index contributed by atoms with van der Waals surface area (Å²) in [7, 11) is 0. The summed E-state index contributed by atoms with van der Waals surface area (Å²) in [5, 5.41) is 0. The topological polar surface area (TPSA) is 38.7 Å². The Morgan fingerprint density at radius 2 is 1.93 bits per heavy atom. The van der Waals surface area contributed by atoms with Crippen LogP contribution in [0.1, 0.15) is 33.6 Å². The van der Waals surface area contributed by atoms with Gasteiger partial charge in [0.2, 0.25) is 0 Å². The van der Waals surface area contributed by atoms with Gasteiger partial charge in [0.25, 0.3) is 0 Å². The first-order valence-electron chi connectivity index (χ1n) is 4.75. The fraction of sp³-hybridized carbons (Fsp3) is 0.600. The van der Waals surface area contributed by atoms with Crippen LogP contribution in [0, 0.1) is 0 Å². The van der Waals surface area contributed by atoms with E-state index in [1.807, 2.05) is 13.8 Å². The number of hydrogen-bond acceptors (Lipinski definition) is 3. The number of halogens is 1. The second kappa shape index (κ2) is 7.56. The molecular weight excluding hydrogens is 202 g/mol. The van der Waals surface area contributed by atoms with Gasteiger partial charge in [-0.1, -0.05) is 19.4 Å². The van der Waals surface area contributed by atoms with Crippen LogP contribution in [0.3, 0.4) is 0 Å². The van der Waals surface area contributed by atoms with E-state index in [0.29, 0.717) is 6.61 Å². The van der Waals surface area contributed by atoms with Crippen LogP contribution in [0.15, 0.2) is 16.2 Å². The van der Waals surface area contributed by atoms with Crippen molar-refractivity contribution < 1.29 is 9.53 Å². The molecule has 14 heavy (non-hydrogen) atoms. The van der Waals surface area contributed by atoms with Crippen LogP contribution in [0.25, 0.3) is 0 Å². The van der Waals surface area contributed by atoms with Crippen LogP contribution in [0.4, 0.5) is 0 Å². The predicted octanol–water partition coefficient (Wildman–Crippen LogP) is 2.89. The fourth-order valence-corrected chi connectivity index (χ4v) is 1.09. The number of rotatable bonds is 5. The summed E-state index contributed by atoms with van der Waals surface area (Å²) >= 11 is 5.30. The largest absolute Gasteiger partial charge is 0.461 e. The standard InChI is InChI=1S/C10H16ClNO2/c1-4-8(5-2)7-9(12-11)10(13)14-6-3/h7H,4-6H2,1-3H3. The van der Waals surface area contributed by atoms with Crippen molar-refractivity contribution >= 4 is 23.5 Å². The molecule has 0 aliphatic rings. The minimum absolute atomic E-state index is 0.173. The third-order valence-electron chi connectivity index (χ3n) is 1.82. The number of nitrogens with zero attached hydrogens (tertiary/aromatic N) is 1. The van der Waals surface area contributed by atoms with Crippen LogP contribution in [0.5, 0.6) is 0 Å². The molecule has 0 spiro atoms. The molecule has 80 valence electrons. The Morgan fingerprint density at radius 1 is 1.36 bits per heavy atom. The average molecular weight is 218 g/mol. The molecule has 0 aliphatic heterocycles. The number of esters is 1. The Bertz CT molecular complexity index is 241. The molecule has 0 aromatic heterocycles. The molecule has 0 aromatic rings. The molecule has 0 aromatic carbocycles. The zero-order chi connectivity index (χ0) is 11.0. The summed E-state index contributed by atoms with van der Waals surface area (Å²) in [6, 6.07) is 0. The van der Waals surface area contributed by atoms with Crippen molar-refractivity contribution in [3.8, 4) is 0 Å². The lowest BCUT2D eigenvalue weighted by atomic mass is 10.1. The molecule has 0 aliphatic carbocycles. The number of allylic oxidation sites excluding steroid dienone is 1. The normalized spacial score (nSPS) is 11.0. The molecule has 0 atom stereocenters. The van der Waals surface area contributed by atoms with Gasteiger partial charge in [0.1, 0.15) is 0 Å². The van der Waals surface area contributed by atoms with E-state index in [1.165, 1.54) is 0 Å². The number of carbonyl (C=O) groups is 1. The van der Waals surface area contributed by atoms with Crippen molar-refractivity contribution in [1.82, 2.24) is 0 Å². The van der Waals surface area contributed by atoms with Crippen LogP contribution < -0.4 is 0 Å². The lowest BCUT2D eigenvalue weighted by molar-refractivity contribution is -0.134. The highest BCUT2D eigenvalue weighted by Gasteiger charge is 2.09. The van der Waals surface area contributed by atoms with E-state index in [9.17, 15) is 4.79 Å². The van der Waals surface area contributed by atoms with E-state index in [4.69, 9.17) is 16.5 Å². The number of hydrogen-bond donors (Lipinski definition) is 0. The quantitative estimate of drug-likeness (QED) is 0.525. The molecule has 0 radical (unpaired) electrons. The summed E-state index contributed by atoms with van der Waals surface area (Å²) in [5.74, 6) is -0.470. The second-order valence-corrected chi connectivity index (χ2v) is 2.87. The van der Waals surface area contributed by atoms with Gasteiger partial charge < -0.3 is 4.74 Å². The van der Waals surface area contributed by atoms with Gasteiger partial charge in [-0.15, -0.1) is 0 Å². The highest BCUT2D eigenvalue weighted by molar-refractivity contribution is 6.45. The molecule has 0 saturated carbocycles. The zero-order valence-electron chi connectivity index (χ0n) is 8.84. The van der Waals surface area contributed by atoms with E-state index < -0.39 is 5.97 Å². The maximum atomic E-state index is 11.3. The molecule has 0 amide bonds. The minimum atomic E-state index is -0.470. The van der Waals surface area contributed by atoms with Gasteiger partial charge in [-0.25, -0.2) is 4.79 Å². The Kier molecular flexibility index (Phi) is 7.11. The summed E-state index contributed by atoms with van der Waals surface area (Å²) in [6.07, 6.45) is 3.45. The number of ether oxygens (including phenoxy) is 1. The van der Waals surface area contributed by atoms with Gasteiger partial charge in [0.05, 0.1) is 6.61 Å². The maximum absolute atomic E-state index is 11.3. The second-order valence-electron chi connectivity index (χ2n) is 2.70. The monoisotopic (exact) mass is 217 g/mol. The minimum Gasteiger partial charge on any atom is -0.461 e. The Balaban J connectivity index is 4.58. The van der Waals surface area contributed by atoms with Crippen molar-refractivity contribution in [3.63, 3.8) is 0 Å². The lowest BCUT2D eigenvalue weighted by Crippen LogP contribution is -2.15. The first-order chi connectivity index (χ1) is 6.69. The van der Waals surface area contributed by atoms with Crippen molar-refractivity contribution in [2.45, 2.75) is 33.6 Å². The van der Waals surface area contributed by atoms with Crippen LogP contribution in [0.2, 0.25) is 0 Å². The van der Waals surface area contributed by atoms with E-state index in [2.05, 4.69) is 4.51 Å². The van der Waals surface area contributed by atoms with Gasteiger partial charge in [0, 0.05) is 11.8 Å². The van der Waals surface area contributed by atoms with E-state index in [-0.39, 0.29) is 5.71 Å². The van der Waals surface area contributed by atoms with Crippen molar-refractivity contribution in [1.29, 1.82) is 0 Å². The molecule has 4 heteroatoms. The predicted molar refractivity (Wildman–Crippen MR) is 58.6 cm³/mol. The third kappa shape index (κ3) is 4.42. The van der Waals surface area contributed by atoms with Gasteiger partial charge >= 0.3 is 5.97 Å². The summed E-state index contributed by atoms with van der Waals surface area (Å²) < 4.78 is 8.17. The Hall–Kier alpha value is -0.830. The van der Waals surface area contributed by atoms with Gasteiger partial charge in [0.15, 0.2) is 5.71 Å². The molecule has 0 unspecified atom stereocenters. The van der Waals surface area contributed by atoms with Crippen LogP contribution in [-0.4, -0.2) is 18.3 Å². The third-order valence-corrected chi connectivity index (χ3v) is 2.01. The SMILES string of the molecule is CCOC(=O)C(C=C(CC)CC)=NCl. The maximum Gasteiger partial charge on any atom is 0.358 e. The first-order valence-corrected chi connectivity index (χ1v) is 5.08. The van der Waals surface area contributed by atoms with Crippen LogP contribution in [-0.2, 0) is 9.53 Å². The highest BCUT2D eigenvalue weighted by atomic mass is 35.5. The summed E-state index contributed by atoms with van der Waals surface area (Å²) in [5.41, 5.74) is 1.30. The van der Waals surface area contributed by atoms with Gasteiger partial charge in [-0.2, -0.15) is 4.51 Å². The van der Waals surface area contributed by atoms with Gasteiger partial charge in [-0.05, 0) is 25.8 Å².